The minimum atomic E-state index is -4.52. The SMILES string of the molecule is Cc1ccc(NC(=O)C2CCCC3CCN(Cc4ccccc4F)C(=O)C32)cc1C(F)(F)F. The maximum Gasteiger partial charge on any atom is 0.416 e. The van der Waals surface area contributed by atoms with Crippen LogP contribution in [0, 0.1) is 30.5 Å². The van der Waals surface area contributed by atoms with Gasteiger partial charge in [-0.2, -0.15) is 13.2 Å². The number of carbonyl (C=O) groups is 2. The lowest BCUT2D eigenvalue weighted by atomic mass is 9.68. The van der Waals surface area contributed by atoms with E-state index in [0.29, 0.717) is 18.5 Å². The third-order valence-electron chi connectivity index (χ3n) is 6.86. The van der Waals surface area contributed by atoms with Gasteiger partial charge in [0.2, 0.25) is 11.8 Å². The summed E-state index contributed by atoms with van der Waals surface area (Å²) in [5, 5.41) is 2.61. The van der Waals surface area contributed by atoms with Gasteiger partial charge in [-0.25, -0.2) is 4.39 Å². The summed E-state index contributed by atoms with van der Waals surface area (Å²) in [6.45, 7) is 2.00. The van der Waals surface area contributed by atoms with Crippen LogP contribution in [0.5, 0.6) is 0 Å². The van der Waals surface area contributed by atoms with Crippen molar-refractivity contribution >= 4 is 17.5 Å². The fraction of sp³-hybridized carbons (Fsp3) is 0.440. The maximum atomic E-state index is 14.1. The molecule has 1 saturated carbocycles. The van der Waals surface area contributed by atoms with E-state index in [2.05, 4.69) is 5.32 Å². The van der Waals surface area contributed by atoms with Crippen molar-refractivity contribution in [3.05, 3.63) is 65.0 Å². The third-order valence-corrected chi connectivity index (χ3v) is 6.86. The van der Waals surface area contributed by atoms with Gasteiger partial charge in [0.15, 0.2) is 0 Å². The highest BCUT2D eigenvalue weighted by molar-refractivity contribution is 5.96. The zero-order chi connectivity index (χ0) is 23.8. The zero-order valence-corrected chi connectivity index (χ0v) is 18.3. The summed E-state index contributed by atoms with van der Waals surface area (Å²) in [6, 6.07) is 9.98. The molecule has 33 heavy (non-hydrogen) atoms. The fourth-order valence-electron chi connectivity index (χ4n) is 5.15. The first-order valence-corrected chi connectivity index (χ1v) is 11.2. The maximum absolute atomic E-state index is 14.1. The lowest BCUT2D eigenvalue weighted by Gasteiger charge is -2.44. The van der Waals surface area contributed by atoms with Gasteiger partial charge < -0.3 is 10.2 Å². The number of hydrogen-bond acceptors (Lipinski definition) is 2. The van der Waals surface area contributed by atoms with E-state index in [0.717, 1.165) is 25.3 Å². The van der Waals surface area contributed by atoms with Crippen LogP contribution in [0.25, 0.3) is 0 Å². The molecule has 2 amide bonds. The summed E-state index contributed by atoms with van der Waals surface area (Å²) >= 11 is 0. The molecule has 3 atom stereocenters. The first-order valence-electron chi connectivity index (χ1n) is 11.2. The van der Waals surface area contributed by atoms with Crippen LogP contribution in [0.4, 0.5) is 23.2 Å². The number of likely N-dealkylation sites (tertiary alicyclic amines) is 1. The second-order valence-electron chi connectivity index (χ2n) is 8.98. The van der Waals surface area contributed by atoms with E-state index in [1.165, 1.54) is 25.1 Å². The van der Waals surface area contributed by atoms with Crippen LogP contribution in [0.2, 0.25) is 0 Å². The molecule has 176 valence electrons. The zero-order valence-electron chi connectivity index (χ0n) is 18.3. The highest BCUT2D eigenvalue weighted by Crippen LogP contribution is 2.42. The molecule has 2 fully saturated rings. The Bertz CT molecular complexity index is 1050. The van der Waals surface area contributed by atoms with Crippen molar-refractivity contribution in [3.63, 3.8) is 0 Å². The number of benzene rings is 2. The van der Waals surface area contributed by atoms with Crippen LogP contribution in [0.3, 0.4) is 0 Å². The fourth-order valence-corrected chi connectivity index (χ4v) is 5.15. The van der Waals surface area contributed by atoms with Gasteiger partial charge in [0.05, 0.1) is 17.4 Å². The van der Waals surface area contributed by atoms with Crippen molar-refractivity contribution < 1.29 is 27.2 Å². The molecule has 1 N–H and O–H groups in total. The van der Waals surface area contributed by atoms with Gasteiger partial charge in [0.1, 0.15) is 5.82 Å². The molecular formula is C25H26F4N2O2. The number of hydrogen-bond donors (Lipinski definition) is 1. The molecule has 0 bridgehead atoms. The van der Waals surface area contributed by atoms with Crippen LogP contribution >= 0.6 is 0 Å². The summed E-state index contributed by atoms with van der Waals surface area (Å²) in [7, 11) is 0. The number of carbonyl (C=O) groups excluding carboxylic acids is 2. The van der Waals surface area contributed by atoms with Gasteiger partial charge in [0, 0.05) is 24.3 Å². The van der Waals surface area contributed by atoms with Gasteiger partial charge in [-0.15, -0.1) is 0 Å². The highest BCUT2D eigenvalue weighted by Gasteiger charge is 2.46. The lowest BCUT2D eigenvalue weighted by Crippen LogP contribution is -2.51. The second kappa shape index (κ2) is 9.15. The summed E-state index contributed by atoms with van der Waals surface area (Å²) in [5.41, 5.74) is -0.247. The molecule has 1 aliphatic carbocycles. The first kappa shape index (κ1) is 23.3. The van der Waals surface area contributed by atoms with E-state index in [-0.39, 0.29) is 35.4 Å². The molecule has 3 unspecified atom stereocenters. The van der Waals surface area contributed by atoms with Crippen molar-refractivity contribution in [1.82, 2.24) is 4.90 Å². The predicted octanol–water partition coefficient (Wildman–Crippen LogP) is 5.56. The normalized spacial score (nSPS) is 23.2. The average Bonchev–Trinajstić information content (AvgIpc) is 2.77. The number of rotatable bonds is 4. The quantitative estimate of drug-likeness (QED) is 0.605. The number of nitrogens with zero attached hydrogens (tertiary/aromatic N) is 1. The Kier molecular flexibility index (Phi) is 6.45. The number of anilines is 1. The third kappa shape index (κ3) is 4.89. The standard InChI is InChI=1S/C25H26F4N2O2/c1-15-9-10-18(13-20(15)25(27,28)29)30-23(32)19-7-4-6-16-11-12-31(24(33)22(16)19)14-17-5-2-3-8-21(17)26/h2-3,5,8-10,13,16,19,22H,4,6-7,11-12,14H2,1H3,(H,30,32). The van der Waals surface area contributed by atoms with Crippen LogP contribution < -0.4 is 5.32 Å². The van der Waals surface area contributed by atoms with Crippen molar-refractivity contribution in [2.45, 2.75) is 45.3 Å². The van der Waals surface area contributed by atoms with Crippen LogP contribution in [-0.2, 0) is 22.3 Å². The monoisotopic (exact) mass is 462 g/mol. The molecule has 0 spiro atoms. The van der Waals surface area contributed by atoms with Crippen LogP contribution in [0.15, 0.2) is 42.5 Å². The summed E-state index contributed by atoms with van der Waals surface area (Å²) in [5.74, 6) is -2.15. The molecule has 0 aromatic heterocycles. The molecule has 1 saturated heterocycles. The molecule has 0 radical (unpaired) electrons. The molecule has 2 aromatic rings. The number of alkyl halides is 3. The summed E-state index contributed by atoms with van der Waals surface area (Å²) < 4.78 is 53.9. The summed E-state index contributed by atoms with van der Waals surface area (Å²) in [4.78, 5) is 28.1. The minimum Gasteiger partial charge on any atom is -0.338 e. The Labute approximate surface area is 190 Å². The number of halogens is 4. The van der Waals surface area contributed by atoms with Gasteiger partial charge in [-0.3, -0.25) is 9.59 Å². The molecule has 1 aliphatic heterocycles. The Hall–Kier alpha value is -2.90. The van der Waals surface area contributed by atoms with Crippen molar-refractivity contribution in [2.24, 2.45) is 17.8 Å². The van der Waals surface area contributed by atoms with Gasteiger partial charge in [0.25, 0.3) is 0 Å². The van der Waals surface area contributed by atoms with Gasteiger partial charge >= 0.3 is 6.18 Å². The van der Waals surface area contributed by atoms with E-state index in [1.54, 1.807) is 23.1 Å². The minimum absolute atomic E-state index is 0.0441. The van der Waals surface area contributed by atoms with Crippen LogP contribution in [-0.4, -0.2) is 23.3 Å². The Morgan fingerprint density at radius 1 is 1.12 bits per heavy atom. The Morgan fingerprint density at radius 3 is 2.61 bits per heavy atom. The van der Waals surface area contributed by atoms with Crippen LogP contribution in [0.1, 0.15) is 42.4 Å². The molecule has 2 aromatic carbocycles. The first-order chi connectivity index (χ1) is 15.6. The molecule has 4 rings (SSSR count). The summed E-state index contributed by atoms with van der Waals surface area (Å²) in [6.07, 6.45) is -1.70. The number of fused-ring (bicyclic) bond motifs is 1. The van der Waals surface area contributed by atoms with Crippen molar-refractivity contribution in [1.29, 1.82) is 0 Å². The topological polar surface area (TPSA) is 49.4 Å². The van der Waals surface area contributed by atoms with Crippen molar-refractivity contribution in [2.75, 3.05) is 11.9 Å². The second-order valence-corrected chi connectivity index (χ2v) is 8.98. The van der Waals surface area contributed by atoms with E-state index in [1.807, 2.05) is 0 Å². The molecule has 4 nitrogen and oxygen atoms in total. The van der Waals surface area contributed by atoms with E-state index < -0.39 is 29.5 Å². The predicted molar refractivity (Wildman–Crippen MR) is 116 cm³/mol. The molecule has 8 heteroatoms. The smallest absolute Gasteiger partial charge is 0.338 e. The van der Waals surface area contributed by atoms with Gasteiger partial charge in [-0.05, 0) is 55.9 Å². The van der Waals surface area contributed by atoms with Crippen molar-refractivity contribution in [3.8, 4) is 0 Å². The van der Waals surface area contributed by atoms with E-state index >= 15 is 0 Å². The van der Waals surface area contributed by atoms with E-state index in [4.69, 9.17) is 0 Å². The Balaban J connectivity index is 1.52. The Morgan fingerprint density at radius 2 is 1.88 bits per heavy atom. The largest absolute Gasteiger partial charge is 0.416 e. The van der Waals surface area contributed by atoms with E-state index in [9.17, 15) is 27.2 Å². The number of nitrogens with one attached hydrogen (secondary N) is 1. The molecule has 2 aliphatic rings. The average molecular weight is 462 g/mol. The molecule has 1 heterocycles. The highest BCUT2D eigenvalue weighted by atomic mass is 19.4. The van der Waals surface area contributed by atoms with Gasteiger partial charge in [-0.1, -0.05) is 30.7 Å². The number of piperidine rings is 1. The number of aryl methyl sites for hydroxylation is 1. The number of amides is 2. The molecular weight excluding hydrogens is 436 g/mol. The lowest BCUT2D eigenvalue weighted by molar-refractivity contribution is -0.150.